The first kappa shape index (κ1) is 17.7. The van der Waals surface area contributed by atoms with Gasteiger partial charge in [0.05, 0.1) is 5.41 Å². The highest BCUT2D eigenvalue weighted by molar-refractivity contribution is 7.84. The molecule has 0 aromatic rings. The van der Waals surface area contributed by atoms with E-state index in [0.29, 0.717) is 6.42 Å². The van der Waals surface area contributed by atoms with Gasteiger partial charge in [-0.2, -0.15) is 12.7 Å². The summed E-state index contributed by atoms with van der Waals surface area (Å²) in [6, 6.07) is 0. The maximum Gasteiger partial charge on any atom is 0.338 e. The Balaban J connectivity index is 2.13. The predicted molar refractivity (Wildman–Crippen MR) is 82.3 cm³/mol. The van der Waals surface area contributed by atoms with Crippen LogP contribution in [0.25, 0.3) is 0 Å². The molecule has 2 saturated carbocycles. The van der Waals surface area contributed by atoms with E-state index in [2.05, 4.69) is 0 Å². The third-order valence-corrected chi connectivity index (χ3v) is 6.49. The van der Waals surface area contributed by atoms with Gasteiger partial charge in [-0.1, -0.05) is 6.92 Å². The van der Waals surface area contributed by atoms with E-state index in [1.54, 1.807) is 0 Å². The molecule has 2 aliphatic rings. The Bertz CT molecular complexity index is 528. The van der Waals surface area contributed by atoms with Crippen molar-refractivity contribution in [1.82, 2.24) is 4.31 Å². The van der Waals surface area contributed by atoms with E-state index in [-0.39, 0.29) is 17.8 Å². The number of hydrogen-bond acceptors (Lipinski definition) is 5. The zero-order valence-corrected chi connectivity index (χ0v) is 14.9. The van der Waals surface area contributed by atoms with Crippen LogP contribution in [0.2, 0.25) is 0 Å². The van der Waals surface area contributed by atoms with Gasteiger partial charge in [-0.15, -0.1) is 0 Å². The molecule has 0 N–H and O–H groups in total. The van der Waals surface area contributed by atoms with Crippen molar-refractivity contribution >= 4 is 16.3 Å². The fourth-order valence-electron chi connectivity index (χ4n) is 3.14. The largest absolute Gasteiger partial charge is 0.459 e. The monoisotopic (exact) mass is 333 g/mol. The SMILES string of the molecule is CCC(C)(C)C(=O)OC1C2CCC(C2)C1OS(=O)(=O)N(C)C. The minimum Gasteiger partial charge on any atom is -0.459 e. The number of rotatable bonds is 6. The van der Waals surface area contributed by atoms with Gasteiger partial charge in [0.25, 0.3) is 0 Å². The molecule has 7 heteroatoms. The van der Waals surface area contributed by atoms with Crippen molar-refractivity contribution in [3.05, 3.63) is 0 Å². The summed E-state index contributed by atoms with van der Waals surface area (Å²) < 4.78 is 36.1. The average Bonchev–Trinajstić information content (AvgIpc) is 3.01. The Hall–Kier alpha value is -0.660. The Labute approximate surface area is 133 Å². The second-order valence-electron chi connectivity index (χ2n) is 7.24. The molecule has 6 nitrogen and oxygen atoms in total. The van der Waals surface area contributed by atoms with Crippen molar-refractivity contribution in [2.24, 2.45) is 17.3 Å². The van der Waals surface area contributed by atoms with Gasteiger partial charge in [0.1, 0.15) is 12.2 Å². The number of hydrogen-bond donors (Lipinski definition) is 0. The highest BCUT2D eigenvalue weighted by Crippen LogP contribution is 2.48. The zero-order chi connectivity index (χ0) is 16.7. The van der Waals surface area contributed by atoms with Gasteiger partial charge in [-0.3, -0.25) is 8.98 Å². The van der Waals surface area contributed by atoms with Crippen LogP contribution >= 0.6 is 0 Å². The Morgan fingerprint density at radius 2 is 1.73 bits per heavy atom. The molecule has 0 aromatic carbocycles. The summed E-state index contributed by atoms with van der Waals surface area (Å²) in [7, 11) is -0.903. The molecule has 2 aliphatic carbocycles. The van der Waals surface area contributed by atoms with Crippen molar-refractivity contribution in [2.45, 2.75) is 58.7 Å². The number of ether oxygens (including phenoxy) is 1. The minimum absolute atomic E-state index is 0.155. The van der Waals surface area contributed by atoms with Gasteiger partial charge in [-0.05, 0) is 51.4 Å². The van der Waals surface area contributed by atoms with Crippen LogP contribution in [0.3, 0.4) is 0 Å². The lowest BCUT2D eigenvalue weighted by molar-refractivity contribution is -0.168. The molecular weight excluding hydrogens is 306 g/mol. The molecule has 22 heavy (non-hydrogen) atoms. The van der Waals surface area contributed by atoms with Crippen molar-refractivity contribution in [3.63, 3.8) is 0 Å². The van der Waals surface area contributed by atoms with E-state index in [0.717, 1.165) is 23.6 Å². The molecule has 0 amide bonds. The van der Waals surface area contributed by atoms with Crippen LogP contribution < -0.4 is 0 Å². The maximum atomic E-state index is 12.3. The number of fused-ring (bicyclic) bond motifs is 2. The number of esters is 1. The normalized spacial score (nSPS) is 31.7. The van der Waals surface area contributed by atoms with Crippen molar-refractivity contribution in [3.8, 4) is 0 Å². The number of nitrogens with zero attached hydrogens (tertiary/aromatic N) is 1. The van der Waals surface area contributed by atoms with Crippen LogP contribution in [0, 0.1) is 17.3 Å². The van der Waals surface area contributed by atoms with E-state index in [1.807, 2.05) is 20.8 Å². The highest BCUT2D eigenvalue weighted by atomic mass is 32.2. The molecule has 0 saturated heterocycles. The molecule has 128 valence electrons. The van der Waals surface area contributed by atoms with E-state index in [9.17, 15) is 13.2 Å². The summed E-state index contributed by atoms with van der Waals surface area (Å²) in [5.41, 5.74) is -0.563. The van der Waals surface area contributed by atoms with Crippen LogP contribution in [0.1, 0.15) is 46.5 Å². The van der Waals surface area contributed by atoms with Gasteiger partial charge in [-0.25, -0.2) is 0 Å². The van der Waals surface area contributed by atoms with Crippen LogP contribution in [0.5, 0.6) is 0 Å². The fourth-order valence-corrected chi connectivity index (χ4v) is 3.86. The smallest absolute Gasteiger partial charge is 0.338 e. The van der Waals surface area contributed by atoms with Crippen LogP contribution in [-0.2, 0) is 24.0 Å². The second-order valence-corrected chi connectivity index (χ2v) is 9.02. The van der Waals surface area contributed by atoms with E-state index in [1.165, 1.54) is 14.1 Å². The molecule has 0 aliphatic heterocycles. The third-order valence-electron chi connectivity index (χ3n) is 5.13. The summed E-state index contributed by atoms with van der Waals surface area (Å²) in [5.74, 6) is 0.0923. The molecule has 0 radical (unpaired) electrons. The molecule has 0 spiro atoms. The van der Waals surface area contributed by atoms with Crippen LogP contribution in [0.15, 0.2) is 0 Å². The molecular formula is C15H27NO5S. The van der Waals surface area contributed by atoms with Crippen molar-refractivity contribution < 1.29 is 22.1 Å². The summed E-state index contributed by atoms with van der Waals surface area (Å²) >= 11 is 0. The predicted octanol–water partition coefficient (Wildman–Crippen LogP) is 1.96. The topological polar surface area (TPSA) is 72.9 Å². The van der Waals surface area contributed by atoms with Gasteiger partial charge in [0.2, 0.25) is 0 Å². The van der Waals surface area contributed by atoms with Crippen LogP contribution in [-0.4, -0.2) is 45.0 Å². The van der Waals surface area contributed by atoms with E-state index >= 15 is 0 Å². The fraction of sp³-hybridized carbons (Fsp3) is 0.933. The van der Waals surface area contributed by atoms with Gasteiger partial charge < -0.3 is 4.74 Å². The molecule has 2 fully saturated rings. The Morgan fingerprint density at radius 3 is 2.23 bits per heavy atom. The van der Waals surface area contributed by atoms with Crippen molar-refractivity contribution in [2.75, 3.05) is 14.1 Å². The molecule has 0 heterocycles. The van der Waals surface area contributed by atoms with Gasteiger partial charge >= 0.3 is 16.3 Å². The highest BCUT2D eigenvalue weighted by Gasteiger charge is 2.53. The first-order valence-electron chi connectivity index (χ1n) is 7.90. The summed E-state index contributed by atoms with van der Waals surface area (Å²) in [6.45, 7) is 5.62. The Morgan fingerprint density at radius 1 is 1.18 bits per heavy atom. The number of carbonyl (C=O) groups excluding carboxylic acids is 1. The lowest BCUT2D eigenvalue weighted by atomic mass is 9.89. The summed E-state index contributed by atoms with van der Waals surface area (Å²) in [5, 5.41) is 0. The molecule has 0 aromatic heterocycles. The first-order valence-corrected chi connectivity index (χ1v) is 9.27. The molecule has 4 atom stereocenters. The summed E-state index contributed by atoms with van der Waals surface area (Å²) in [6.07, 6.45) is 2.45. The second kappa shape index (κ2) is 6.09. The standard InChI is InChI=1S/C15H27NO5S/c1-6-15(2,3)14(17)20-12-10-7-8-11(9-10)13(12)21-22(18,19)16(4)5/h10-13H,6-9H2,1-5H3. The van der Waals surface area contributed by atoms with E-state index < -0.39 is 27.9 Å². The summed E-state index contributed by atoms with van der Waals surface area (Å²) in [4.78, 5) is 12.3. The third kappa shape index (κ3) is 3.31. The van der Waals surface area contributed by atoms with Crippen molar-refractivity contribution in [1.29, 1.82) is 0 Å². The lowest BCUT2D eigenvalue weighted by Gasteiger charge is -2.33. The average molecular weight is 333 g/mol. The quantitative estimate of drug-likeness (QED) is 0.695. The van der Waals surface area contributed by atoms with E-state index in [4.69, 9.17) is 8.92 Å². The molecule has 4 unspecified atom stereocenters. The van der Waals surface area contributed by atoms with Gasteiger partial charge in [0.15, 0.2) is 0 Å². The Kier molecular flexibility index (Phi) is 4.90. The molecule has 2 bridgehead atoms. The lowest BCUT2D eigenvalue weighted by Crippen LogP contribution is -2.43. The first-order chi connectivity index (χ1) is 10.1. The van der Waals surface area contributed by atoms with Crippen LogP contribution in [0.4, 0.5) is 0 Å². The molecule has 2 rings (SSSR count). The maximum absolute atomic E-state index is 12.3. The number of carbonyl (C=O) groups is 1. The zero-order valence-electron chi connectivity index (χ0n) is 14.0. The minimum atomic E-state index is -3.77. The van der Waals surface area contributed by atoms with Gasteiger partial charge in [0, 0.05) is 14.1 Å².